The van der Waals surface area contributed by atoms with Gasteiger partial charge in [0, 0.05) is 23.2 Å². The smallest absolute Gasteiger partial charge is 0.265 e. The number of amides is 1. The topological polar surface area (TPSA) is 55.3 Å². The van der Waals surface area contributed by atoms with Gasteiger partial charge in [0.25, 0.3) is 5.91 Å². The molecule has 1 amide bonds. The van der Waals surface area contributed by atoms with Gasteiger partial charge in [-0.25, -0.2) is 4.98 Å². The number of aryl methyl sites for hydroxylation is 1. The number of aromatic nitrogens is 2. The fourth-order valence-corrected chi connectivity index (χ4v) is 4.09. The summed E-state index contributed by atoms with van der Waals surface area (Å²) < 4.78 is 5.62. The Morgan fingerprint density at radius 2 is 2.11 bits per heavy atom. The molecule has 138 valence electrons. The van der Waals surface area contributed by atoms with Crippen LogP contribution in [-0.2, 0) is 4.79 Å². The number of hydrogen-bond donors (Lipinski definition) is 0. The normalized spacial score (nSPS) is 13.6. The summed E-state index contributed by atoms with van der Waals surface area (Å²) in [6.45, 7) is 7.05. The number of nitrogens with zero attached hydrogens (tertiary/aromatic N) is 3. The summed E-state index contributed by atoms with van der Waals surface area (Å²) in [5.41, 5.74) is 3.60. The Morgan fingerprint density at radius 3 is 2.85 bits per heavy atom. The van der Waals surface area contributed by atoms with Gasteiger partial charge in [-0.05, 0) is 43.2 Å². The number of carbonyl (C=O) groups excluding carboxylic acids is 1. The average Bonchev–Trinajstić information content (AvgIpc) is 3.06. The molecule has 5 nitrogen and oxygen atoms in total. The maximum atomic E-state index is 12.4. The van der Waals surface area contributed by atoms with Gasteiger partial charge in [0.15, 0.2) is 6.61 Å². The number of anilines is 1. The number of ether oxygens (including phenoxy) is 1. The molecule has 1 aromatic carbocycles. The Bertz CT molecular complexity index is 982. The summed E-state index contributed by atoms with van der Waals surface area (Å²) in [4.78, 5) is 24.5. The van der Waals surface area contributed by atoms with E-state index in [2.05, 4.69) is 25.8 Å². The summed E-state index contributed by atoms with van der Waals surface area (Å²) >= 11 is 1.63. The molecule has 0 saturated heterocycles. The highest BCUT2D eigenvalue weighted by molar-refractivity contribution is 7.15. The van der Waals surface area contributed by atoms with Crippen LogP contribution in [0.15, 0.2) is 42.6 Å². The third kappa shape index (κ3) is 3.45. The molecule has 1 aliphatic rings. The van der Waals surface area contributed by atoms with Crippen molar-refractivity contribution in [3.05, 3.63) is 47.5 Å². The van der Waals surface area contributed by atoms with Crippen LogP contribution in [0.25, 0.3) is 22.0 Å². The van der Waals surface area contributed by atoms with Crippen molar-refractivity contribution in [3.8, 4) is 27.7 Å². The Morgan fingerprint density at radius 1 is 1.26 bits per heavy atom. The average molecular weight is 379 g/mol. The molecule has 4 rings (SSSR count). The fourth-order valence-electron chi connectivity index (χ4n) is 3.18. The lowest BCUT2D eigenvalue weighted by Crippen LogP contribution is -2.40. The number of fused-ring (bicyclic) bond motifs is 1. The van der Waals surface area contributed by atoms with E-state index >= 15 is 0 Å². The lowest BCUT2D eigenvalue weighted by atomic mass is 10.1. The Hall–Kier alpha value is -2.73. The van der Waals surface area contributed by atoms with Gasteiger partial charge in [-0.15, -0.1) is 11.3 Å². The van der Waals surface area contributed by atoms with Gasteiger partial charge in [0.05, 0.1) is 17.1 Å². The van der Waals surface area contributed by atoms with Crippen LogP contribution in [0.2, 0.25) is 0 Å². The molecule has 1 aliphatic heterocycles. The van der Waals surface area contributed by atoms with E-state index < -0.39 is 0 Å². The molecule has 6 heteroatoms. The lowest BCUT2D eigenvalue weighted by molar-refractivity contribution is -0.121. The second-order valence-electron chi connectivity index (χ2n) is 7.01. The van der Waals surface area contributed by atoms with E-state index in [1.165, 1.54) is 0 Å². The molecule has 2 aromatic heterocycles. The van der Waals surface area contributed by atoms with Crippen LogP contribution in [-0.4, -0.2) is 29.0 Å². The molecule has 3 heterocycles. The van der Waals surface area contributed by atoms with E-state index in [1.807, 2.05) is 41.3 Å². The molecule has 0 saturated carbocycles. The van der Waals surface area contributed by atoms with Gasteiger partial charge in [-0.1, -0.05) is 19.9 Å². The largest absolute Gasteiger partial charge is 0.482 e. The molecule has 0 atom stereocenters. The van der Waals surface area contributed by atoms with Crippen LogP contribution >= 0.6 is 11.3 Å². The first kappa shape index (κ1) is 17.7. The Balaban J connectivity index is 1.75. The second kappa shape index (κ2) is 7.12. The highest BCUT2D eigenvalue weighted by Gasteiger charge is 2.27. The predicted molar refractivity (Wildman–Crippen MR) is 108 cm³/mol. The molecule has 0 fully saturated rings. The molecule has 0 unspecified atom stereocenters. The highest BCUT2D eigenvalue weighted by Crippen LogP contribution is 2.39. The van der Waals surface area contributed by atoms with E-state index in [9.17, 15) is 4.79 Å². The molecule has 0 radical (unpaired) electrons. The van der Waals surface area contributed by atoms with E-state index in [0.29, 0.717) is 12.5 Å². The zero-order valence-electron chi connectivity index (χ0n) is 15.6. The van der Waals surface area contributed by atoms with Gasteiger partial charge in [-0.2, -0.15) is 0 Å². The van der Waals surface area contributed by atoms with Crippen molar-refractivity contribution < 1.29 is 9.53 Å². The van der Waals surface area contributed by atoms with E-state index in [0.717, 1.165) is 38.3 Å². The molecule has 0 N–H and O–H groups in total. The molecule has 27 heavy (non-hydrogen) atoms. The minimum atomic E-state index is -0.00229. The molecule has 3 aromatic rings. The van der Waals surface area contributed by atoms with Crippen molar-refractivity contribution in [3.63, 3.8) is 0 Å². The molecule has 0 aliphatic carbocycles. The molecular formula is C21H21N3O2S. The molecule has 0 bridgehead atoms. The number of pyridine rings is 1. The van der Waals surface area contributed by atoms with Crippen molar-refractivity contribution in [2.75, 3.05) is 18.1 Å². The third-order valence-electron chi connectivity index (χ3n) is 4.40. The zero-order chi connectivity index (χ0) is 19.0. The molecular weight excluding hydrogens is 358 g/mol. The van der Waals surface area contributed by atoms with Crippen molar-refractivity contribution >= 4 is 22.9 Å². The van der Waals surface area contributed by atoms with Crippen LogP contribution in [0.4, 0.5) is 5.69 Å². The van der Waals surface area contributed by atoms with Crippen molar-refractivity contribution in [1.82, 2.24) is 9.97 Å². The first-order chi connectivity index (χ1) is 13.0. The van der Waals surface area contributed by atoms with Crippen molar-refractivity contribution in [2.45, 2.75) is 20.8 Å². The summed E-state index contributed by atoms with van der Waals surface area (Å²) in [5.74, 6) is 1.12. The van der Waals surface area contributed by atoms with Gasteiger partial charge < -0.3 is 9.64 Å². The summed E-state index contributed by atoms with van der Waals surface area (Å²) in [5, 5.41) is 0.896. The fraction of sp³-hybridized carbons (Fsp3) is 0.286. The number of carbonyl (C=O) groups is 1. The summed E-state index contributed by atoms with van der Waals surface area (Å²) in [7, 11) is 0. The monoisotopic (exact) mass is 379 g/mol. The van der Waals surface area contributed by atoms with Crippen LogP contribution in [0.3, 0.4) is 0 Å². The van der Waals surface area contributed by atoms with Crippen LogP contribution < -0.4 is 9.64 Å². The number of hydrogen-bond acceptors (Lipinski definition) is 5. The standard InChI is InChI=1S/C21H21N3O2S/c1-13(2)11-24-17-10-15(7-8-18(17)26-12-19(24)25)20-14(3)27-21(23-20)16-6-4-5-9-22-16/h4-10,13H,11-12H2,1-3H3. The van der Waals surface area contributed by atoms with Crippen molar-refractivity contribution in [2.24, 2.45) is 5.92 Å². The lowest BCUT2D eigenvalue weighted by Gasteiger charge is -2.31. The second-order valence-corrected chi connectivity index (χ2v) is 8.21. The van der Waals surface area contributed by atoms with Gasteiger partial charge >= 0.3 is 0 Å². The third-order valence-corrected chi connectivity index (χ3v) is 5.40. The predicted octanol–water partition coefficient (Wildman–Crippen LogP) is 4.56. The van der Waals surface area contributed by atoms with Crippen LogP contribution in [0, 0.1) is 12.8 Å². The van der Waals surface area contributed by atoms with E-state index in [-0.39, 0.29) is 12.5 Å². The Kier molecular flexibility index (Phi) is 4.66. The maximum Gasteiger partial charge on any atom is 0.265 e. The summed E-state index contributed by atoms with van der Waals surface area (Å²) in [6, 6.07) is 11.8. The highest BCUT2D eigenvalue weighted by atomic mass is 32.1. The first-order valence-corrected chi connectivity index (χ1v) is 9.81. The molecule has 0 spiro atoms. The quantitative estimate of drug-likeness (QED) is 0.667. The van der Waals surface area contributed by atoms with Gasteiger partial charge in [0.2, 0.25) is 0 Å². The number of rotatable bonds is 4. The minimum absolute atomic E-state index is 0.00229. The maximum absolute atomic E-state index is 12.4. The Labute approximate surface area is 162 Å². The van der Waals surface area contributed by atoms with Crippen molar-refractivity contribution in [1.29, 1.82) is 0 Å². The van der Waals surface area contributed by atoms with Crippen LogP contribution in [0.5, 0.6) is 5.75 Å². The zero-order valence-corrected chi connectivity index (χ0v) is 16.4. The first-order valence-electron chi connectivity index (χ1n) is 8.99. The number of thiazole rings is 1. The van der Waals surface area contributed by atoms with Gasteiger partial charge in [0.1, 0.15) is 10.8 Å². The SMILES string of the molecule is Cc1sc(-c2ccccn2)nc1-c1ccc2c(c1)N(CC(C)C)C(=O)CO2. The van der Waals surface area contributed by atoms with E-state index in [1.54, 1.807) is 17.5 Å². The van der Waals surface area contributed by atoms with Gasteiger partial charge in [-0.3, -0.25) is 9.78 Å². The number of benzene rings is 1. The summed E-state index contributed by atoms with van der Waals surface area (Å²) in [6.07, 6.45) is 1.78. The van der Waals surface area contributed by atoms with E-state index in [4.69, 9.17) is 9.72 Å². The van der Waals surface area contributed by atoms with Crippen LogP contribution in [0.1, 0.15) is 18.7 Å². The minimum Gasteiger partial charge on any atom is -0.482 e.